The molecule has 0 aliphatic carbocycles. The molecule has 1 heterocycles. The maximum absolute atomic E-state index is 12.8. The van der Waals surface area contributed by atoms with Crippen molar-refractivity contribution in [2.24, 2.45) is 0 Å². The lowest BCUT2D eigenvalue weighted by atomic mass is 9.90. The second kappa shape index (κ2) is 8.36. The topological polar surface area (TPSA) is 75.7 Å². The van der Waals surface area contributed by atoms with Crippen LogP contribution in [-0.4, -0.2) is 38.8 Å². The van der Waals surface area contributed by atoms with E-state index in [2.05, 4.69) is 16.9 Å². The molecule has 0 spiro atoms. The standard InChI is InChI=1S/C23H24N2O4S/c1-30(27,28)24-22-20-10-6-5-9-19(20)11-12-21(22)29-23(26)25-15-13-18(14-16-25)17-7-3-2-4-8-17/h2-12,18,24H,13-16H2,1H3. The summed E-state index contributed by atoms with van der Waals surface area (Å²) in [6, 6.07) is 21.1. The van der Waals surface area contributed by atoms with Crippen LogP contribution >= 0.6 is 0 Å². The molecule has 0 aromatic heterocycles. The van der Waals surface area contributed by atoms with Crippen molar-refractivity contribution in [1.29, 1.82) is 0 Å². The first-order valence-electron chi connectivity index (χ1n) is 9.92. The Morgan fingerprint density at radius 1 is 0.967 bits per heavy atom. The fourth-order valence-corrected chi connectivity index (χ4v) is 4.49. The Balaban J connectivity index is 1.51. The molecule has 0 unspecified atom stereocenters. The van der Waals surface area contributed by atoms with Gasteiger partial charge in [-0.25, -0.2) is 13.2 Å². The third-order valence-electron chi connectivity index (χ3n) is 5.40. The van der Waals surface area contributed by atoms with E-state index in [9.17, 15) is 13.2 Å². The van der Waals surface area contributed by atoms with Crippen molar-refractivity contribution in [1.82, 2.24) is 4.90 Å². The molecule has 0 bridgehead atoms. The van der Waals surface area contributed by atoms with Gasteiger partial charge in [0, 0.05) is 18.5 Å². The molecule has 1 fully saturated rings. The molecule has 1 N–H and O–H groups in total. The fraction of sp³-hybridized carbons (Fsp3) is 0.261. The van der Waals surface area contributed by atoms with E-state index >= 15 is 0 Å². The molecule has 4 rings (SSSR count). The zero-order chi connectivity index (χ0) is 21.1. The van der Waals surface area contributed by atoms with E-state index in [1.54, 1.807) is 17.0 Å². The van der Waals surface area contributed by atoms with E-state index in [0.29, 0.717) is 24.4 Å². The predicted molar refractivity (Wildman–Crippen MR) is 118 cm³/mol. The first-order valence-corrected chi connectivity index (χ1v) is 11.8. The van der Waals surface area contributed by atoms with Gasteiger partial charge in [-0.05, 0) is 35.8 Å². The molecule has 1 aliphatic rings. The highest BCUT2D eigenvalue weighted by Crippen LogP contribution is 2.35. The summed E-state index contributed by atoms with van der Waals surface area (Å²) in [7, 11) is -3.54. The van der Waals surface area contributed by atoms with Gasteiger partial charge in [0.25, 0.3) is 0 Å². The zero-order valence-corrected chi connectivity index (χ0v) is 17.6. The second-order valence-electron chi connectivity index (χ2n) is 7.57. The third-order valence-corrected chi connectivity index (χ3v) is 5.97. The number of likely N-dealkylation sites (tertiary alicyclic amines) is 1. The normalized spacial score (nSPS) is 15.2. The average molecular weight is 425 g/mol. The van der Waals surface area contributed by atoms with Crippen molar-refractivity contribution in [3.8, 4) is 5.75 Å². The number of ether oxygens (including phenoxy) is 1. The first-order chi connectivity index (χ1) is 14.4. The number of nitrogens with zero attached hydrogens (tertiary/aromatic N) is 1. The summed E-state index contributed by atoms with van der Waals surface area (Å²) in [6.45, 7) is 1.20. The van der Waals surface area contributed by atoms with Crippen molar-refractivity contribution >= 4 is 32.6 Å². The van der Waals surface area contributed by atoms with E-state index in [0.717, 1.165) is 24.5 Å². The van der Waals surface area contributed by atoms with Crippen LogP contribution in [0.2, 0.25) is 0 Å². The Morgan fingerprint density at radius 3 is 2.33 bits per heavy atom. The zero-order valence-electron chi connectivity index (χ0n) is 16.7. The van der Waals surface area contributed by atoms with E-state index in [-0.39, 0.29) is 11.4 Å². The number of nitrogens with one attached hydrogen (secondary N) is 1. The number of hydrogen-bond acceptors (Lipinski definition) is 4. The summed E-state index contributed by atoms with van der Waals surface area (Å²) in [4.78, 5) is 14.5. The van der Waals surface area contributed by atoms with E-state index < -0.39 is 16.1 Å². The van der Waals surface area contributed by atoms with Crippen LogP contribution in [0.5, 0.6) is 5.75 Å². The molecule has 0 saturated carbocycles. The highest BCUT2D eigenvalue weighted by molar-refractivity contribution is 7.92. The largest absolute Gasteiger partial charge is 0.415 e. The SMILES string of the molecule is CS(=O)(=O)Nc1c(OC(=O)N2CCC(c3ccccc3)CC2)ccc2ccccc12. The van der Waals surface area contributed by atoms with Crippen molar-refractivity contribution in [3.05, 3.63) is 72.3 Å². The van der Waals surface area contributed by atoms with Gasteiger partial charge >= 0.3 is 6.09 Å². The van der Waals surface area contributed by atoms with Gasteiger partial charge in [0.2, 0.25) is 10.0 Å². The second-order valence-corrected chi connectivity index (χ2v) is 9.32. The summed E-state index contributed by atoms with van der Waals surface area (Å²) < 4.78 is 31.9. The molecule has 30 heavy (non-hydrogen) atoms. The maximum atomic E-state index is 12.8. The highest BCUT2D eigenvalue weighted by Gasteiger charge is 2.26. The monoisotopic (exact) mass is 424 g/mol. The Kier molecular flexibility index (Phi) is 5.63. The highest BCUT2D eigenvalue weighted by atomic mass is 32.2. The smallest absolute Gasteiger partial charge is 0.408 e. The number of hydrogen-bond donors (Lipinski definition) is 1. The van der Waals surface area contributed by atoms with Crippen LogP contribution in [0, 0.1) is 0 Å². The number of carbonyl (C=O) groups excluding carboxylic acids is 1. The van der Waals surface area contributed by atoms with Crippen LogP contribution in [0.1, 0.15) is 24.3 Å². The van der Waals surface area contributed by atoms with Crippen molar-refractivity contribution in [3.63, 3.8) is 0 Å². The van der Waals surface area contributed by atoms with E-state index in [4.69, 9.17) is 4.74 Å². The van der Waals surface area contributed by atoms with Crippen molar-refractivity contribution in [2.75, 3.05) is 24.1 Å². The lowest BCUT2D eigenvalue weighted by Gasteiger charge is -2.31. The fourth-order valence-electron chi connectivity index (χ4n) is 3.91. The lowest BCUT2D eigenvalue weighted by molar-refractivity contribution is 0.139. The Morgan fingerprint density at radius 2 is 1.63 bits per heavy atom. The van der Waals surface area contributed by atoms with Gasteiger partial charge in [0.1, 0.15) is 0 Å². The Hall–Kier alpha value is -3.06. The molecule has 156 valence electrons. The number of piperidine rings is 1. The molecule has 0 radical (unpaired) electrons. The van der Waals surface area contributed by atoms with Gasteiger partial charge in [-0.2, -0.15) is 0 Å². The molecule has 1 aliphatic heterocycles. The van der Waals surface area contributed by atoms with Crippen LogP contribution < -0.4 is 9.46 Å². The molecule has 1 saturated heterocycles. The number of rotatable bonds is 4. The average Bonchev–Trinajstić information content (AvgIpc) is 2.75. The van der Waals surface area contributed by atoms with Crippen LogP contribution in [-0.2, 0) is 10.0 Å². The molecule has 3 aromatic carbocycles. The number of amides is 1. The van der Waals surface area contributed by atoms with Gasteiger partial charge in [-0.15, -0.1) is 0 Å². The molecule has 1 amide bonds. The Labute approximate surface area is 176 Å². The minimum absolute atomic E-state index is 0.203. The third kappa shape index (κ3) is 4.57. The summed E-state index contributed by atoms with van der Waals surface area (Å²) in [6.07, 6.45) is 2.35. The van der Waals surface area contributed by atoms with Gasteiger partial charge in [0.15, 0.2) is 5.75 Å². The molecule has 0 atom stereocenters. The lowest BCUT2D eigenvalue weighted by Crippen LogP contribution is -2.39. The predicted octanol–water partition coefficient (Wildman–Crippen LogP) is 4.59. The number of sulfonamides is 1. The van der Waals surface area contributed by atoms with Gasteiger partial charge in [-0.1, -0.05) is 60.7 Å². The summed E-state index contributed by atoms with van der Waals surface area (Å²) >= 11 is 0. The number of carbonyl (C=O) groups is 1. The minimum Gasteiger partial charge on any atom is -0.408 e. The van der Waals surface area contributed by atoms with Crippen molar-refractivity contribution < 1.29 is 17.9 Å². The van der Waals surface area contributed by atoms with Crippen molar-refractivity contribution in [2.45, 2.75) is 18.8 Å². The maximum Gasteiger partial charge on any atom is 0.415 e. The number of anilines is 1. The molecule has 3 aromatic rings. The molecule has 6 nitrogen and oxygen atoms in total. The molecular weight excluding hydrogens is 400 g/mol. The summed E-state index contributed by atoms with van der Waals surface area (Å²) in [5.41, 5.74) is 1.57. The molecular formula is C23H24N2O4S. The van der Waals surface area contributed by atoms with Crippen LogP contribution in [0.3, 0.4) is 0 Å². The van der Waals surface area contributed by atoms with E-state index in [1.165, 1.54) is 5.56 Å². The first kappa shape index (κ1) is 20.2. The van der Waals surface area contributed by atoms with Crippen LogP contribution in [0.4, 0.5) is 10.5 Å². The van der Waals surface area contributed by atoms with Gasteiger partial charge < -0.3 is 9.64 Å². The Bertz CT molecular complexity index is 1150. The van der Waals surface area contributed by atoms with Crippen LogP contribution in [0.25, 0.3) is 10.8 Å². The summed E-state index contributed by atoms with van der Waals surface area (Å²) in [5, 5.41) is 1.53. The minimum atomic E-state index is -3.54. The summed E-state index contributed by atoms with van der Waals surface area (Å²) in [5.74, 6) is 0.632. The van der Waals surface area contributed by atoms with Crippen LogP contribution in [0.15, 0.2) is 66.7 Å². The number of fused-ring (bicyclic) bond motifs is 1. The van der Waals surface area contributed by atoms with Gasteiger partial charge in [-0.3, -0.25) is 4.72 Å². The molecule has 7 heteroatoms. The number of benzene rings is 3. The van der Waals surface area contributed by atoms with E-state index in [1.807, 2.05) is 42.5 Å². The van der Waals surface area contributed by atoms with Gasteiger partial charge in [0.05, 0.1) is 11.9 Å². The quantitative estimate of drug-likeness (QED) is 0.665.